The highest BCUT2D eigenvalue weighted by Gasteiger charge is 2.20. The van der Waals surface area contributed by atoms with Crippen LogP contribution < -0.4 is 14.2 Å². The van der Waals surface area contributed by atoms with Crippen molar-refractivity contribution in [2.24, 2.45) is 0 Å². The monoisotopic (exact) mass is 485 g/mol. The van der Waals surface area contributed by atoms with Gasteiger partial charge in [0.2, 0.25) is 5.88 Å². The lowest BCUT2D eigenvalue weighted by molar-refractivity contribution is 0.403. The van der Waals surface area contributed by atoms with Gasteiger partial charge in [0.05, 0.1) is 12.8 Å². The Labute approximate surface area is 196 Å². The third kappa shape index (κ3) is 5.07. The first-order chi connectivity index (χ1) is 15.7. The van der Waals surface area contributed by atoms with Gasteiger partial charge in [0, 0.05) is 22.5 Å². The number of methoxy groups -OCH3 is 1. The van der Waals surface area contributed by atoms with E-state index in [0.29, 0.717) is 23.1 Å². The molecule has 0 radical (unpaired) electrons. The van der Waals surface area contributed by atoms with Crippen molar-refractivity contribution in [1.29, 1.82) is 0 Å². The van der Waals surface area contributed by atoms with Gasteiger partial charge in [-0.25, -0.2) is 23.1 Å². The molecule has 2 aromatic carbocycles. The number of ether oxygens (including phenoxy) is 2. The number of anilines is 1. The molecule has 33 heavy (non-hydrogen) atoms. The van der Waals surface area contributed by atoms with Crippen LogP contribution in [0, 0.1) is 13.8 Å². The number of aromatic nitrogens is 4. The van der Waals surface area contributed by atoms with Gasteiger partial charge in [-0.15, -0.1) is 0 Å². The van der Waals surface area contributed by atoms with Gasteiger partial charge in [-0.3, -0.25) is 4.72 Å². The lowest BCUT2D eigenvalue weighted by Crippen LogP contribution is -2.14. The highest BCUT2D eigenvalue weighted by atomic mass is 35.5. The van der Waals surface area contributed by atoms with Gasteiger partial charge in [0.15, 0.2) is 5.82 Å². The Bertz CT molecular complexity index is 1400. The Hall–Kier alpha value is -3.63. The average molecular weight is 486 g/mol. The number of sulfonamides is 1. The van der Waals surface area contributed by atoms with E-state index in [1.54, 1.807) is 41.1 Å². The molecule has 11 heteroatoms. The van der Waals surface area contributed by atoms with Crippen molar-refractivity contribution in [3.8, 4) is 23.2 Å². The average Bonchev–Trinajstić information content (AvgIpc) is 3.13. The predicted molar refractivity (Wildman–Crippen MR) is 124 cm³/mol. The fourth-order valence-electron chi connectivity index (χ4n) is 3.14. The molecule has 0 amide bonds. The molecule has 0 saturated heterocycles. The third-order valence-electron chi connectivity index (χ3n) is 4.60. The first-order valence-corrected chi connectivity index (χ1v) is 11.6. The van der Waals surface area contributed by atoms with Gasteiger partial charge in [-0.05, 0) is 62.4 Å². The van der Waals surface area contributed by atoms with Gasteiger partial charge in [-0.1, -0.05) is 11.6 Å². The lowest BCUT2D eigenvalue weighted by Gasteiger charge is -2.12. The van der Waals surface area contributed by atoms with E-state index in [-0.39, 0.29) is 15.7 Å². The molecule has 0 saturated carbocycles. The van der Waals surface area contributed by atoms with Crippen molar-refractivity contribution >= 4 is 27.3 Å². The minimum Gasteiger partial charge on any atom is -0.495 e. The van der Waals surface area contributed by atoms with E-state index < -0.39 is 10.0 Å². The van der Waals surface area contributed by atoms with Crippen molar-refractivity contribution in [3.63, 3.8) is 0 Å². The van der Waals surface area contributed by atoms with Gasteiger partial charge < -0.3 is 9.47 Å². The molecular formula is C22H20ClN5O4S. The first kappa shape index (κ1) is 22.6. The number of nitrogens with one attached hydrogen (secondary N) is 1. The van der Waals surface area contributed by atoms with Crippen LogP contribution in [-0.4, -0.2) is 35.3 Å². The fourth-order valence-corrected chi connectivity index (χ4v) is 4.64. The van der Waals surface area contributed by atoms with Gasteiger partial charge in [0.1, 0.15) is 22.7 Å². The predicted octanol–water partition coefficient (Wildman–Crippen LogP) is 4.53. The molecule has 4 aromatic rings. The van der Waals surface area contributed by atoms with Crippen LogP contribution in [0.15, 0.2) is 65.8 Å². The lowest BCUT2D eigenvalue weighted by atomic mass is 10.3. The molecule has 2 aromatic heterocycles. The molecule has 170 valence electrons. The van der Waals surface area contributed by atoms with Gasteiger partial charge >= 0.3 is 0 Å². The molecule has 2 heterocycles. The molecule has 9 nitrogen and oxygen atoms in total. The molecule has 4 rings (SSSR count). The van der Waals surface area contributed by atoms with Gasteiger partial charge in [0.25, 0.3) is 10.0 Å². The zero-order chi connectivity index (χ0) is 23.6. The first-order valence-electron chi connectivity index (χ1n) is 9.75. The molecule has 1 N–H and O–H groups in total. The van der Waals surface area contributed by atoms with E-state index >= 15 is 0 Å². The minimum absolute atomic E-state index is 0.0597. The summed E-state index contributed by atoms with van der Waals surface area (Å²) in [7, 11) is -2.53. The van der Waals surface area contributed by atoms with Gasteiger partial charge in [-0.2, -0.15) is 5.10 Å². The van der Waals surface area contributed by atoms with Crippen molar-refractivity contribution in [2.75, 3.05) is 11.8 Å². The summed E-state index contributed by atoms with van der Waals surface area (Å²) in [6.45, 7) is 3.84. The summed E-state index contributed by atoms with van der Waals surface area (Å²) in [4.78, 5) is 8.32. The van der Waals surface area contributed by atoms with Crippen molar-refractivity contribution in [1.82, 2.24) is 19.7 Å². The summed E-state index contributed by atoms with van der Waals surface area (Å²) >= 11 is 5.96. The van der Waals surface area contributed by atoms with Crippen LogP contribution in [0.25, 0.3) is 5.82 Å². The zero-order valence-corrected chi connectivity index (χ0v) is 19.6. The van der Waals surface area contributed by atoms with Crippen molar-refractivity contribution < 1.29 is 17.9 Å². The summed E-state index contributed by atoms with van der Waals surface area (Å²) in [6.07, 6.45) is 1.39. The molecule has 0 aliphatic heterocycles. The van der Waals surface area contributed by atoms with E-state index in [1.807, 2.05) is 19.9 Å². The summed E-state index contributed by atoms with van der Waals surface area (Å²) in [5.74, 6) is 1.56. The van der Waals surface area contributed by atoms with E-state index in [1.165, 1.54) is 25.6 Å². The molecule has 0 unspecified atom stereocenters. The zero-order valence-electron chi connectivity index (χ0n) is 18.0. The number of hydrogen-bond acceptors (Lipinski definition) is 7. The number of benzene rings is 2. The second-order valence-corrected chi connectivity index (χ2v) is 9.17. The van der Waals surface area contributed by atoms with E-state index in [0.717, 1.165) is 11.4 Å². The Kier molecular flexibility index (Phi) is 6.21. The van der Waals surface area contributed by atoms with Crippen LogP contribution in [0.4, 0.5) is 5.69 Å². The Morgan fingerprint density at radius 3 is 2.42 bits per heavy atom. The second kappa shape index (κ2) is 9.08. The van der Waals surface area contributed by atoms with Crippen LogP contribution in [0.5, 0.6) is 17.4 Å². The molecule has 0 atom stereocenters. The second-order valence-electron chi connectivity index (χ2n) is 7.08. The normalized spacial score (nSPS) is 11.3. The maximum Gasteiger partial charge on any atom is 0.265 e. The molecule has 0 spiro atoms. The van der Waals surface area contributed by atoms with E-state index in [4.69, 9.17) is 21.1 Å². The smallest absolute Gasteiger partial charge is 0.265 e. The van der Waals surface area contributed by atoms with Crippen LogP contribution in [0.3, 0.4) is 0 Å². The summed E-state index contributed by atoms with van der Waals surface area (Å²) in [6, 6.07) is 14.4. The fraction of sp³-hybridized carbons (Fsp3) is 0.136. The summed E-state index contributed by atoms with van der Waals surface area (Å²) < 4.78 is 40.8. The highest BCUT2D eigenvalue weighted by Crippen LogP contribution is 2.29. The number of halogens is 1. The van der Waals surface area contributed by atoms with Crippen molar-refractivity contribution in [3.05, 3.63) is 77.3 Å². The third-order valence-corrected chi connectivity index (χ3v) is 6.24. The largest absolute Gasteiger partial charge is 0.495 e. The summed E-state index contributed by atoms with van der Waals surface area (Å²) in [5.41, 5.74) is 2.16. The molecular weight excluding hydrogens is 466 g/mol. The van der Waals surface area contributed by atoms with Crippen LogP contribution >= 0.6 is 11.6 Å². The SMILES string of the molecule is COc1ccc(Cl)cc1S(=O)(=O)Nc1ccc(Oc2cc(-n3nc(C)cc3C)ncn2)cc1. The molecule has 0 fully saturated rings. The number of nitrogens with zero attached hydrogens (tertiary/aromatic N) is 4. The number of hydrogen-bond donors (Lipinski definition) is 1. The van der Waals surface area contributed by atoms with Crippen LogP contribution in [0.2, 0.25) is 5.02 Å². The Morgan fingerprint density at radius 1 is 1.00 bits per heavy atom. The van der Waals surface area contributed by atoms with E-state index in [9.17, 15) is 8.42 Å². The molecule has 0 aliphatic carbocycles. The van der Waals surface area contributed by atoms with Crippen LogP contribution in [-0.2, 0) is 10.0 Å². The molecule has 0 aliphatic rings. The standard InChI is InChI=1S/C22H20ClN5O4S/c1-14-10-15(2)28(26-14)21-12-22(25-13-24-21)32-18-7-5-17(6-8-18)27-33(29,30)20-11-16(23)4-9-19(20)31-3/h4-13,27H,1-3H3. The van der Waals surface area contributed by atoms with Crippen LogP contribution in [0.1, 0.15) is 11.4 Å². The van der Waals surface area contributed by atoms with Crippen molar-refractivity contribution in [2.45, 2.75) is 18.7 Å². The minimum atomic E-state index is -3.92. The maximum absolute atomic E-state index is 12.8. The highest BCUT2D eigenvalue weighted by molar-refractivity contribution is 7.92. The quantitative estimate of drug-likeness (QED) is 0.409. The summed E-state index contributed by atoms with van der Waals surface area (Å²) in [5, 5.41) is 4.69. The topological polar surface area (TPSA) is 108 Å². The number of rotatable bonds is 7. The Morgan fingerprint density at radius 2 is 1.76 bits per heavy atom. The maximum atomic E-state index is 12.8. The molecule has 0 bridgehead atoms. The Balaban J connectivity index is 1.51. The van der Waals surface area contributed by atoms with E-state index in [2.05, 4.69) is 19.8 Å². The number of aryl methyl sites for hydroxylation is 2.